The Morgan fingerprint density at radius 2 is 1.67 bits per heavy atom. The predicted molar refractivity (Wildman–Crippen MR) is 160 cm³/mol. The third-order valence-corrected chi connectivity index (χ3v) is 6.58. The number of nitro benzene ring substituents is 1. The maximum absolute atomic E-state index is 13.7. The number of nitrogens with one attached hydrogen (secondary N) is 1. The molecule has 10 nitrogen and oxygen atoms in total. The van der Waals surface area contributed by atoms with Gasteiger partial charge in [0.15, 0.2) is 10.9 Å². The van der Waals surface area contributed by atoms with Crippen molar-refractivity contribution in [1.82, 2.24) is 5.32 Å². The SMILES string of the molecule is COc1ccc(/C=C2\C(=O)NC(=S)N(c3ccc(Oc4ccccc4)cc3)C2=O)cc1COc1cc(F)ccc1[N+](=O)[O-]. The molecule has 0 aromatic heterocycles. The molecular weight excluding hydrogens is 577 g/mol. The van der Waals surface area contributed by atoms with Gasteiger partial charge >= 0.3 is 5.69 Å². The molecule has 0 atom stereocenters. The number of benzene rings is 4. The van der Waals surface area contributed by atoms with E-state index in [1.54, 1.807) is 42.5 Å². The maximum atomic E-state index is 13.7. The minimum atomic E-state index is -0.700. The summed E-state index contributed by atoms with van der Waals surface area (Å²) in [7, 11) is 1.43. The fourth-order valence-electron chi connectivity index (χ4n) is 4.26. The Kier molecular flexibility index (Phi) is 8.39. The summed E-state index contributed by atoms with van der Waals surface area (Å²) in [6, 6.07) is 23.5. The first-order valence-electron chi connectivity index (χ1n) is 12.7. The number of hydrogen-bond donors (Lipinski definition) is 1. The number of ether oxygens (including phenoxy) is 3. The molecule has 0 aliphatic carbocycles. The standard InChI is InChI=1S/C31H22FN3O7S/c1-40-27-14-7-19(15-20(27)18-41-28-17-21(32)8-13-26(28)35(38)39)16-25-29(36)33-31(43)34(30(25)37)22-9-11-24(12-10-22)42-23-5-3-2-4-6-23/h2-17H,18H2,1H3,(H,33,36,43)/b25-16+. The molecule has 0 unspecified atom stereocenters. The van der Waals surface area contributed by atoms with E-state index in [0.29, 0.717) is 34.1 Å². The summed E-state index contributed by atoms with van der Waals surface area (Å²) in [6.45, 7) is -0.224. The highest BCUT2D eigenvalue weighted by molar-refractivity contribution is 7.80. The van der Waals surface area contributed by atoms with Gasteiger partial charge < -0.3 is 14.2 Å². The monoisotopic (exact) mass is 599 g/mol. The first kappa shape index (κ1) is 28.9. The number of carbonyl (C=O) groups excluding carboxylic acids is 2. The summed E-state index contributed by atoms with van der Waals surface area (Å²) in [5, 5.41) is 13.8. The van der Waals surface area contributed by atoms with Crippen LogP contribution in [0.1, 0.15) is 11.1 Å². The lowest BCUT2D eigenvalue weighted by molar-refractivity contribution is -0.386. The van der Waals surface area contributed by atoms with E-state index in [1.165, 1.54) is 18.1 Å². The third-order valence-electron chi connectivity index (χ3n) is 6.29. The van der Waals surface area contributed by atoms with Gasteiger partial charge in [0.25, 0.3) is 11.8 Å². The molecule has 1 aliphatic rings. The molecule has 0 spiro atoms. The van der Waals surface area contributed by atoms with Crippen LogP contribution in [0, 0.1) is 15.9 Å². The summed E-state index contributed by atoms with van der Waals surface area (Å²) in [5.41, 5.74) is 0.697. The highest BCUT2D eigenvalue weighted by Gasteiger charge is 2.34. The van der Waals surface area contributed by atoms with E-state index < -0.39 is 28.2 Å². The van der Waals surface area contributed by atoms with E-state index in [2.05, 4.69) is 5.32 Å². The summed E-state index contributed by atoms with van der Waals surface area (Å²) < 4.78 is 30.5. The average Bonchev–Trinajstić information content (AvgIpc) is 2.99. The fraction of sp³-hybridized carbons (Fsp3) is 0.0645. The lowest BCUT2D eigenvalue weighted by atomic mass is 10.0. The summed E-state index contributed by atoms with van der Waals surface area (Å²) in [5.74, 6) is -0.719. The van der Waals surface area contributed by atoms with E-state index >= 15 is 0 Å². The van der Waals surface area contributed by atoms with Gasteiger partial charge in [-0.15, -0.1) is 0 Å². The van der Waals surface area contributed by atoms with Gasteiger partial charge in [-0.25, -0.2) is 4.39 Å². The molecule has 0 saturated carbocycles. The van der Waals surface area contributed by atoms with Crippen LogP contribution in [-0.4, -0.2) is 29.0 Å². The lowest BCUT2D eigenvalue weighted by Gasteiger charge is -2.29. The number of anilines is 1. The molecule has 43 heavy (non-hydrogen) atoms. The van der Waals surface area contributed by atoms with Gasteiger partial charge in [-0.05, 0) is 78.5 Å². The van der Waals surface area contributed by atoms with Gasteiger partial charge in [-0.2, -0.15) is 0 Å². The van der Waals surface area contributed by atoms with Crippen molar-refractivity contribution in [3.63, 3.8) is 0 Å². The minimum absolute atomic E-state index is 0.0793. The van der Waals surface area contributed by atoms with Crippen LogP contribution in [0.5, 0.6) is 23.0 Å². The van der Waals surface area contributed by atoms with Crippen LogP contribution in [0.4, 0.5) is 15.8 Å². The molecule has 12 heteroatoms. The zero-order valence-corrected chi connectivity index (χ0v) is 23.3. The smallest absolute Gasteiger partial charge is 0.311 e. The molecule has 1 aliphatic heterocycles. The molecule has 5 rings (SSSR count). The van der Waals surface area contributed by atoms with Gasteiger partial charge in [-0.1, -0.05) is 24.3 Å². The number of amides is 2. The van der Waals surface area contributed by atoms with E-state index in [0.717, 1.165) is 18.2 Å². The molecule has 0 bridgehead atoms. The van der Waals surface area contributed by atoms with Crippen LogP contribution in [-0.2, 0) is 16.2 Å². The molecule has 1 heterocycles. The Morgan fingerprint density at radius 3 is 2.37 bits per heavy atom. The van der Waals surface area contributed by atoms with E-state index in [4.69, 9.17) is 26.4 Å². The van der Waals surface area contributed by atoms with E-state index in [9.17, 15) is 24.1 Å². The minimum Gasteiger partial charge on any atom is -0.496 e. The Hall–Kier alpha value is -5.62. The summed E-state index contributed by atoms with van der Waals surface area (Å²) >= 11 is 5.30. The van der Waals surface area contributed by atoms with Crippen molar-refractivity contribution in [3.8, 4) is 23.0 Å². The topological polar surface area (TPSA) is 120 Å². The number of para-hydroxylation sites is 1. The Balaban J connectivity index is 1.39. The third kappa shape index (κ3) is 6.49. The van der Waals surface area contributed by atoms with Gasteiger partial charge in [0.2, 0.25) is 0 Å². The van der Waals surface area contributed by atoms with E-state index in [1.807, 2.05) is 30.3 Å². The molecule has 1 saturated heterocycles. The highest BCUT2D eigenvalue weighted by atomic mass is 32.1. The molecule has 1 fully saturated rings. The molecule has 4 aromatic carbocycles. The van der Waals surface area contributed by atoms with Crippen molar-refractivity contribution in [2.45, 2.75) is 6.61 Å². The van der Waals surface area contributed by atoms with Crippen LogP contribution >= 0.6 is 12.2 Å². The number of nitrogens with zero attached hydrogens (tertiary/aromatic N) is 2. The largest absolute Gasteiger partial charge is 0.496 e. The second kappa shape index (κ2) is 12.5. The normalized spacial score (nSPS) is 14.0. The first-order valence-corrected chi connectivity index (χ1v) is 13.1. The molecule has 4 aromatic rings. The number of thiocarbonyl (C=S) groups is 1. The molecule has 216 valence electrons. The predicted octanol–water partition coefficient (Wildman–Crippen LogP) is 5.95. The Morgan fingerprint density at radius 1 is 0.953 bits per heavy atom. The molecular formula is C31H22FN3O7S. The highest BCUT2D eigenvalue weighted by Crippen LogP contribution is 2.31. The van der Waals surface area contributed by atoms with Crippen molar-refractivity contribution in [1.29, 1.82) is 0 Å². The number of rotatable bonds is 9. The van der Waals surface area contributed by atoms with Crippen molar-refractivity contribution < 1.29 is 33.1 Å². The van der Waals surface area contributed by atoms with Crippen LogP contribution in [0.25, 0.3) is 6.08 Å². The van der Waals surface area contributed by atoms with Crippen molar-refractivity contribution in [2.75, 3.05) is 12.0 Å². The maximum Gasteiger partial charge on any atom is 0.311 e. The molecule has 0 radical (unpaired) electrons. The van der Waals surface area contributed by atoms with Gasteiger partial charge in [0.1, 0.15) is 35.2 Å². The van der Waals surface area contributed by atoms with Gasteiger partial charge in [0, 0.05) is 17.7 Å². The van der Waals surface area contributed by atoms with Crippen molar-refractivity contribution in [2.24, 2.45) is 0 Å². The first-order chi connectivity index (χ1) is 20.7. The van der Waals surface area contributed by atoms with Crippen molar-refractivity contribution in [3.05, 3.63) is 124 Å². The van der Waals surface area contributed by atoms with Crippen LogP contribution in [0.3, 0.4) is 0 Å². The molecule has 1 N–H and O–H groups in total. The van der Waals surface area contributed by atoms with E-state index in [-0.39, 0.29) is 23.0 Å². The second-order valence-corrected chi connectivity index (χ2v) is 9.48. The fourth-order valence-corrected chi connectivity index (χ4v) is 4.54. The number of hydrogen-bond acceptors (Lipinski definition) is 8. The average molecular weight is 600 g/mol. The van der Waals surface area contributed by atoms with Crippen LogP contribution in [0.15, 0.2) is 96.6 Å². The number of halogens is 1. The summed E-state index contributed by atoms with van der Waals surface area (Å²) in [4.78, 5) is 38.2. The van der Waals surface area contributed by atoms with Crippen molar-refractivity contribution >= 4 is 46.6 Å². The second-order valence-electron chi connectivity index (χ2n) is 9.10. The molecule has 2 amide bonds. The quantitative estimate of drug-likeness (QED) is 0.0825. The Labute approximate surface area is 250 Å². The van der Waals surface area contributed by atoms with Crippen LogP contribution in [0.2, 0.25) is 0 Å². The Bertz CT molecular complexity index is 1760. The van der Waals surface area contributed by atoms with Gasteiger partial charge in [0.05, 0.1) is 17.7 Å². The lowest BCUT2D eigenvalue weighted by Crippen LogP contribution is -2.54. The number of carbonyl (C=O) groups is 2. The summed E-state index contributed by atoms with van der Waals surface area (Å²) in [6.07, 6.45) is 1.38. The number of nitro groups is 1. The zero-order chi connectivity index (χ0) is 30.5. The zero-order valence-electron chi connectivity index (χ0n) is 22.5. The number of methoxy groups -OCH3 is 1. The van der Waals surface area contributed by atoms with Gasteiger partial charge in [-0.3, -0.25) is 29.9 Å². The van der Waals surface area contributed by atoms with Crippen LogP contribution < -0.4 is 24.4 Å².